The van der Waals surface area contributed by atoms with Crippen LogP contribution >= 0.6 is 0 Å². The van der Waals surface area contributed by atoms with E-state index in [9.17, 15) is 9.59 Å². The van der Waals surface area contributed by atoms with E-state index >= 15 is 0 Å². The van der Waals surface area contributed by atoms with Gasteiger partial charge in [-0.25, -0.2) is 19.1 Å². The predicted octanol–water partition coefficient (Wildman–Crippen LogP) is 1.76. The molecule has 0 bridgehead atoms. The summed E-state index contributed by atoms with van der Waals surface area (Å²) in [5, 5.41) is 13.0. The molecule has 21 heavy (non-hydrogen) atoms. The second-order valence-corrected chi connectivity index (χ2v) is 5.49. The van der Waals surface area contributed by atoms with Crippen LogP contribution in [0.5, 0.6) is 0 Å². The van der Waals surface area contributed by atoms with Gasteiger partial charge in [0.1, 0.15) is 29.0 Å². The minimum Gasteiger partial charge on any atom is -0.477 e. The van der Waals surface area contributed by atoms with Crippen molar-refractivity contribution in [3.8, 4) is 11.4 Å². The quantitative estimate of drug-likeness (QED) is 0.905. The summed E-state index contributed by atoms with van der Waals surface area (Å²) in [6, 6.07) is 1.39. The van der Waals surface area contributed by atoms with E-state index in [0.717, 1.165) is 0 Å². The van der Waals surface area contributed by atoms with Gasteiger partial charge in [-0.2, -0.15) is 5.10 Å². The highest BCUT2D eigenvalue weighted by Crippen LogP contribution is 2.17. The predicted molar refractivity (Wildman–Crippen MR) is 73.0 cm³/mol. The van der Waals surface area contributed by atoms with Crippen LogP contribution in [0.3, 0.4) is 0 Å². The van der Waals surface area contributed by atoms with Crippen molar-refractivity contribution in [2.45, 2.75) is 26.4 Å². The van der Waals surface area contributed by atoms with Crippen molar-refractivity contribution in [2.24, 2.45) is 7.05 Å². The third kappa shape index (κ3) is 3.28. The summed E-state index contributed by atoms with van der Waals surface area (Å²) < 4.78 is 7.63. The average molecular weight is 292 g/mol. The molecule has 0 aliphatic heterocycles. The number of carbonyl (C=O) groups is 2. The van der Waals surface area contributed by atoms with Gasteiger partial charge in [-0.1, -0.05) is 0 Å². The second-order valence-electron chi connectivity index (χ2n) is 5.49. The summed E-state index contributed by atoms with van der Waals surface area (Å²) in [5.41, 5.74) is 0.196. The summed E-state index contributed by atoms with van der Waals surface area (Å²) in [4.78, 5) is 26.9. The zero-order valence-electron chi connectivity index (χ0n) is 12.2. The minimum absolute atomic E-state index is 0.0387. The fourth-order valence-corrected chi connectivity index (χ4v) is 1.66. The molecule has 0 unspecified atom stereocenters. The van der Waals surface area contributed by atoms with Crippen molar-refractivity contribution in [3.05, 3.63) is 24.3 Å². The highest BCUT2D eigenvalue weighted by atomic mass is 16.6. The lowest BCUT2D eigenvalue weighted by atomic mass is 10.2. The van der Waals surface area contributed by atoms with Gasteiger partial charge in [-0.05, 0) is 20.8 Å². The maximum absolute atomic E-state index is 11.9. The smallest absolute Gasteiger partial charge is 0.419 e. The van der Waals surface area contributed by atoms with Crippen molar-refractivity contribution in [2.75, 3.05) is 0 Å². The van der Waals surface area contributed by atoms with Crippen LogP contribution < -0.4 is 0 Å². The molecule has 0 saturated carbocycles. The molecule has 8 nitrogen and oxygen atoms in total. The lowest BCUT2D eigenvalue weighted by Gasteiger charge is -2.18. The number of carboxylic acids is 1. The number of aromatic carboxylic acids is 1. The molecule has 0 aliphatic carbocycles. The van der Waals surface area contributed by atoms with Gasteiger partial charge in [0.2, 0.25) is 0 Å². The number of imidazole rings is 1. The van der Waals surface area contributed by atoms with E-state index in [1.54, 1.807) is 20.8 Å². The molecular formula is C13H16N4O4. The van der Waals surface area contributed by atoms with Crippen LogP contribution in [0.15, 0.2) is 18.6 Å². The van der Waals surface area contributed by atoms with E-state index in [1.165, 1.54) is 34.9 Å². The molecule has 0 aliphatic rings. The number of rotatable bonds is 2. The van der Waals surface area contributed by atoms with Crippen LogP contribution in [0.4, 0.5) is 4.79 Å². The Hall–Kier alpha value is -2.64. The molecule has 1 N–H and O–H groups in total. The molecule has 112 valence electrons. The number of hydrogen-bond acceptors (Lipinski definition) is 5. The van der Waals surface area contributed by atoms with Crippen LogP contribution in [0.1, 0.15) is 31.3 Å². The molecule has 2 heterocycles. The lowest BCUT2D eigenvalue weighted by molar-refractivity contribution is 0.0536. The fourth-order valence-electron chi connectivity index (χ4n) is 1.66. The molecule has 2 rings (SSSR count). The Kier molecular flexibility index (Phi) is 3.54. The Morgan fingerprint density at radius 1 is 1.29 bits per heavy atom. The normalized spacial score (nSPS) is 11.4. The van der Waals surface area contributed by atoms with Crippen molar-refractivity contribution < 1.29 is 19.4 Å². The Morgan fingerprint density at radius 2 is 1.95 bits per heavy atom. The molecule has 0 spiro atoms. The van der Waals surface area contributed by atoms with Crippen LogP contribution in [0, 0.1) is 0 Å². The van der Waals surface area contributed by atoms with Crippen LogP contribution in [0.2, 0.25) is 0 Å². The Balaban J connectivity index is 2.26. The highest BCUT2D eigenvalue weighted by molar-refractivity contribution is 5.87. The first-order chi connectivity index (χ1) is 9.67. The molecule has 2 aromatic rings. The number of aromatic nitrogens is 4. The minimum atomic E-state index is -1.08. The first-order valence-electron chi connectivity index (χ1n) is 6.22. The first kappa shape index (κ1) is 14.8. The van der Waals surface area contributed by atoms with E-state index in [0.29, 0.717) is 11.4 Å². The summed E-state index contributed by atoms with van der Waals surface area (Å²) in [6.07, 6.45) is 2.19. The maximum atomic E-state index is 11.9. The van der Waals surface area contributed by atoms with Crippen LogP contribution in [-0.4, -0.2) is 42.1 Å². The summed E-state index contributed by atoms with van der Waals surface area (Å²) in [6.45, 7) is 5.29. The third-order valence-corrected chi connectivity index (χ3v) is 2.55. The molecule has 0 fully saturated rings. The molecule has 8 heteroatoms. The zero-order valence-corrected chi connectivity index (χ0v) is 12.2. The summed E-state index contributed by atoms with van der Waals surface area (Å²) >= 11 is 0. The monoisotopic (exact) mass is 292 g/mol. The Labute approximate surface area is 121 Å². The van der Waals surface area contributed by atoms with Gasteiger partial charge in [0, 0.05) is 19.3 Å². The van der Waals surface area contributed by atoms with E-state index in [4.69, 9.17) is 9.84 Å². The van der Waals surface area contributed by atoms with Crippen molar-refractivity contribution >= 4 is 12.1 Å². The maximum Gasteiger partial charge on any atom is 0.419 e. The number of hydrogen-bond donors (Lipinski definition) is 1. The number of aryl methyl sites for hydroxylation is 1. The Morgan fingerprint density at radius 3 is 2.48 bits per heavy atom. The molecule has 0 radical (unpaired) electrons. The zero-order chi connectivity index (χ0) is 15.8. The van der Waals surface area contributed by atoms with Gasteiger partial charge in [0.25, 0.3) is 0 Å². The summed E-state index contributed by atoms with van der Waals surface area (Å²) in [7, 11) is 1.53. The first-order valence-corrected chi connectivity index (χ1v) is 6.22. The van der Waals surface area contributed by atoms with E-state index in [1.807, 2.05) is 0 Å². The van der Waals surface area contributed by atoms with Gasteiger partial charge in [0.05, 0.1) is 0 Å². The molecule has 0 atom stereocenters. The van der Waals surface area contributed by atoms with Gasteiger partial charge < -0.3 is 9.84 Å². The third-order valence-electron chi connectivity index (χ3n) is 2.55. The molecule has 0 amide bonds. The fraction of sp³-hybridized carbons (Fsp3) is 0.385. The Bertz CT molecular complexity index is 693. The van der Waals surface area contributed by atoms with Crippen LogP contribution in [0.25, 0.3) is 11.4 Å². The van der Waals surface area contributed by atoms with Gasteiger partial charge in [-0.3, -0.25) is 4.68 Å². The van der Waals surface area contributed by atoms with Gasteiger partial charge >= 0.3 is 12.1 Å². The molecular weight excluding hydrogens is 276 g/mol. The second kappa shape index (κ2) is 5.04. The van der Waals surface area contributed by atoms with Gasteiger partial charge in [-0.15, -0.1) is 0 Å². The SMILES string of the molecule is Cn1nc(-c2cn(C(=O)OC(C)(C)C)cn2)cc1C(=O)O. The molecule has 0 saturated heterocycles. The van der Waals surface area contributed by atoms with Crippen molar-refractivity contribution in [3.63, 3.8) is 0 Å². The largest absolute Gasteiger partial charge is 0.477 e. The van der Waals surface area contributed by atoms with Gasteiger partial charge in [0.15, 0.2) is 0 Å². The topological polar surface area (TPSA) is 99.2 Å². The number of ether oxygens (including phenoxy) is 1. The molecule has 0 aromatic carbocycles. The van der Waals surface area contributed by atoms with Crippen LogP contribution in [-0.2, 0) is 11.8 Å². The number of nitrogens with zero attached hydrogens (tertiary/aromatic N) is 4. The number of carboxylic acid groups (broad SMARTS) is 1. The van der Waals surface area contributed by atoms with E-state index < -0.39 is 17.7 Å². The van der Waals surface area contributed by atoms with Crippen molar-refractivity contribution in [1.82, 2.24) is 19.3 Å². The number of carbonyl (C=O) groups excluding carboxylic acids is 1. The highest BCUT2D eigenvalue weighted by Gasteiger charge is 2.19. The molecule has 2 aromatic heterocycles. The van der Waals surface area contributed by atoms with E-state index in [2.05, 4.69) is 10.1 Å². The average Bonchev–Trinajstić information content (AvgIpc) is 2.92. The van der Waals surface area contributed by atoms with E-state index in [-0.39, 0.29) is 5.69 Å². The standard InChI is InChI=1S/C13H16N4O4/c1-13(2,3)21-12(20)17-6-9(14-7-17)8-5-10(11(18)19)16(4)15-8/h5-7H,1-4H3,(H,18,19). The lowest BCUT2D eigenvalue weighted by Crippen LogP contribution is -2.26. The van der Waals surface area contributed by atoms with Crippen molar-refractivity contribution in [1.29, 1.82) is 0 Å². The summed E-state index contributed by atoms with van der Waals surface area (Å²) in [5.74, 6) is -1.08.